The smallest absolute Gasteiger partial charge is 0.245 e. The Balaban J connectivity index is 1.16. The number of aromatic amines is 2. The molecule has 4 heterocycles. The number of hydrogen-bond donors (Lipinski definition) is 6. The van der Waals surface area contributed by atoms with Crippen LogP contribution >= 0.6 is 0 Å². The van der Waals surface area contributed by atoms with Crippen molar-refractivity contribution >= 4 is 45.4 Å². The van der Waals surface area contributed by atoms with Gasteiger partial charge in [0.15, 0.2) is 0 Å². The van der Waals surface area contributed by atoms with Crippen LogP contribution in [-0.2, 0) is 32.0 Å². The second-order valence-electron chi connectivity index (χ2n) is 18.7. The highest BCUT2D eigenvalue weighted by atomic mass is 16.2. The molecule has 3 aromatic carbocycles. The van der Waals surface area contributed by atoms with E-state index in [2.05, 4.69) is 81.3 Å². The first-order valence-electron chi connectivity index (χ1n) is 22.7. The molecular weight excluding hydrogens is 777 g/mol. The van der Waals surface area contributed by atoms with E-state index in [1.807, 2.05) is 63.5 Å². The van der Waals surface area contributed by atoms with Crippen LogP contribution in [0.5, 0.6) is 0 Å². The Morgan fingerprint density at radius 3 is 1.39 bits per heavy atom. The van der Waals surface area contributed by atoms with Gasteiger partial charge in [-0.15, -0.1) is 0 Å². The first kappa shape index (κ1) is 44.6. The topological polar surface area (TPSA) is 182 Å². The Morgan fingerprint density at radius 1 is 0.597 bits per heavy atom. The van der Waals surface area contributed by atoms with Crippen LogP contribution in [-0.4, -0.2) is 92.7 Å². The Kier molecular flexibility index (Phi) is 13.6. The number of aromatic nitrogens is 2. The van der Waals surface area contributed by atoms with Crippen LogP contribution in [0.15, 0.2) is 72.8 Å². The van der Waals surface area contributed by atoms with Gasteiger partial charge in [-0.05, 0) is 97.6 Å². The molecule has 2 fully saturated rings. The van der Waals surface area contributed by atoms with Crippen molar-refractivity contribution in [1.29, 1.82) is 0 Å². The van der Waals surface area contributed by atoms with Gasteiger partial charge in [0.25, 0.3) is 0 Å². The van der Waals surface area contributed by atoms with Gasteiger partial charge in [-0.25, -0.2) is 0 Å². The number of likely N-dealkylation sites (tertiary alicyclic amines) is 2. The number of amides is 4. The van der Waals surface area contributed by atoms with Crippen LogP contribution in [0.2, 0.25) is 0 Å². The number of H-pyrrole nitrogens is 2. The fraction of sp³-hybridized carbons (Fsp3) is 0.480. The number of benzene rings is 3. The molecule has 8 N–H and O–H groups in total. The number of carbonyl (C=O) groups is 4. The number of nitrogens with one attached hydrogen (secondary N) is 4. The molecule has 0 spiro atoms. The zero-order chi connectivity index (χ0) is 44.4. The number of carbonyl (C=O) groups excluding carboxylic acids is 4. The zero-order valence-corrected chi connectivity index (χ0v) is 37.5. The largest absolute Gasteiger partial charge is 0.354 e. The van der Waals surface area contributed by atoms with E-state index in [9.17, 15) is 19.2 Å². The van der Waals surface area contributed by atoms with Crippen LogP contribution in [0.4, 0.5) is 0 Å². The highest BCUT2D eigenvalue weighted by Gasteiger charge is 2.38. The molecule has 62 heavy (non-hydrogen) atoms. The van der Waals surface area contributed by atoms with E-state index in [1.165, 1.54) is 5.56 Å². The SMILES string of the molecule is CC(C)[C@H](N)C(=O)N[C@H](C(=O)N1CCC[C@H]1Cc1c(-c2ccc(-c3[nH]c4ccccc4c3C[C@@H]3CCCN3C(=O)[C@@H](NC(=O)[C@H](C)N)C(C)C)cc2)[nH]c2ccccc12)C(C)C. The van der Waals surface area contributed by atoms with Gasteiger partial charge in [0.05, 0.1) is 12.1 Å². The van der Waals surface area contributed by atoms with Crippen molar-refractivity contribution in [3.05, 3.63) is 83.9 Å². The molecule has 12 heteroatoms. The van der Waals surface area contributed by atoms with Gasteiger partial charge in [0.2, 0.25) is 23.6 Å². The number of para-hydroxylation sites is 2. The molecule has 0 radical (unpaired) electrons. The Morgan fingerprint density at radius 2 is 1.00 bits per heavy atom. The lowest BCUT2D eigenvalue weighted by molar-refractivity contribution is -0.139. The minimum Gasteiger partial charge on any atom is -0.354 e. The number of rotatable bonds is 15. The summed E-state index contributed by atoms with van der Waals surface area (Å²) >= 11 is 0. The summed E-state index contributed by atoms with van der Waals surface area (Å²) < 4.78 is 0. The van der Waals surface area contributed by atoms with E-state index < -0.39 is 24.2 Å². The lowest BCUT2D eigenvalue weighted by Crippen LogP contribution is -2.56. The monoisotopic (exact) mass is 843 g/mol. The summed E-state index contributed by atoms with van der Waals surface area (Å²) in [5.41, 5.74) is 20.6. The summed E-state index contributed by atoms with van der Waals surface area (Å²) in [6.07, 6.45) is 4.90. The second-order valence-corrected chi connectivity index (χ2v) is 18.7. The first-order chi connectivity index (χ1) is 29.6. The molecule has 0 saturated carbocycles. The third-order valence-corrected chi connectivity index (χ3v) is 13.2. The predicted molar refractivity (Wildman–Crippen MR) is 248 cm³/mol. The molecule has 2 aliphatic rings. The number of fused-ring (bicyclic) bond motifs is 2. The van der Waals surface area contributed by atoms with Gasteiger partial charge in [-0.1, -0.05) is 102 Å². The average molecular weight is 843 g/mol. The Bertz CT molecular complexity index is 2390. The van der Waals surface area contributed by atoms with Gasteiger partial charge in [0.1, 0.15) is 12.1 Å². The normalized spacial score (nSPS) is 18.8. The van der Waals surface area contributed by atoms with E-state index in [0.29, 0.717) is 25.9 Å². The molecule has 0 bridgehead atoms. The quantitative estimate of drug-likeness (QED) is 0.0685. The molecule has 2 saturated heterocycles. The fourth-order valence-electron chi connectivity index (χ4n) is 9.49. The lowest BCUT2D eigenvalue weighted by atomic mass is 9.94. The minimum atomic E-state index is -0.700. The molecule has 330 valence electrons. The summed E-state index contributed by atoms with van der Waals surface area (Å²) in [5, 5.41) is 8.18. The molecule has 0 unspecified atom stereocenters. The van der Waals surface area contributed by atoms with Gasteiger partial charge in [-0.3, -0.25) is 19.2 Å². The molecule has 0 aliphatic carbocycles. The molecule has 4 amide bonds. The molecular formula is C50H66N8O4. The van der Waals surface area contributed by atoms with E-state index in [-0.39, 0.29) is 53.5 Å². The molecule has 5 aromatic rings. The maximum atomic E-state index is 14.2. The van der Waals surface area contributed by atoms with Gasteiger partial charge in [-0.2, -0.15) is 0 Å². The average Bonchev–Trinajstić information content (AvgIpc) is 4.07. The van der Waals surface area contributed by atoms with Crippen LogP contribution in [0.25, 0.3) is 44.3 Å². The van der Waals surface area contributed by atoms with Crippen molar-refractivity contribution in [1.82, 2.24) is 30.4 Å². The molecule has 12 nitrogen and oxygen atoms in total. The maximum absolute atomic E-state index is 14.2. The maximum Gasteiger partial charge on any atom is 0.245 e. The Labute approximate surface area is 365 Å². The Hall–Kier alpha value is -5.46. The van der Waals surface area contributed by atoms with E-state index in [1.54, 1.807) is 6.92 Å². The van der Waals surface area contributed by atoms with Crippen molar-refractivity contribution in [2.45, 2.75) is 123 Å². The van der Waals surface area contributed by atoms with Crippen LogP contribution in [0, 0.1) is 17.8 Å². The van der Waals surface area contributed by atoms with Crippen molar-refractivity contribution in [3.63, 3.8) is 0 Å². The lowest BCUT2D eigenvalue weighted by Gasteiger charge is -2.32. The van der Waals surface area contributed by atoms with E-state index in [0.717, 1.165) is 75.6 Å². The number of nitrogens with two attached hydrogens (primary N) is 2. The van der Waals surface area contributed by atoms with Crippen molar-refractivity contribution in [3.8, 4) is 22.5 Å². The van der Waals surface area contributed by atoms with Crippen molar-refractivity contribution < 1.29 is 19.2 Å². The summed E-state index contributed by atoms with van der Waals surface area (Å²) in [7, 11) is 0. The summed E-state index contributed by atoms with van der Waals surface area (Å²) in [6, 6.07) is 22.6. The van der Waals surface area contributed by atoms with Crippen molar-refractivity contribution in [2.75, 3.05) is 13.1 Å². The molecule has 7 rings (SSSR count). The van der Waals surface area contributed by atoms with E-state index in [4.69, 9.17) is 11.5 Å². The summed E-state index contributed by atoms with van der Waals surface area (Å²) in [6.45, 7) is 14.6. The first-order valence-corrected chi connectivity index (χ1v) is 22.7. The zero-order valence-electron chi connectivity index (χ0n) is 37.5. The standard InChI is InChI=1S/C50H66N8O4/c1-28(2)42(52)48(60)56-44(30(5)6)50(62)58-25-13-15-35(58)27-39-37-17-9-11-19-41(37)54-46(39)33-22-20-32(21-23-33)45-38(36-16-8-10-18-40(36)53-45)26-34-14-12-24-57(34)49(61)43(29(3)4)55-47(59)31(7)51/h8-11,16-23,28-31,34-35,42-44,53-54H,12-15,24-27,51-52H2,1-7H3,(H,55,59)(H,56,60)/t31-,34-,35-,42-,43-,44-/m0/s1. The minimum absolute atomic E-state index is 0.0196. The highest BCUT2D eigenvalue weighted by molar-refractivity contribution is 5.94. The molecule has 6 atom stereocenters. The van der Waals surface area contributed by atoms with Gasteiger partial charge >= 0.3 is 0 Å². The van der Waals surface area contributed by atoms with Gasteiger partial charge in [0, 0.05) is 58.4 Å². The summed E-state index contributed by atoms with van der Waals surface area (Å²) in [4.78, 5) is 65.4. The summed E-state index contributed by atoms with van der Waals surface area (Å²) in [5.74, 6) is -0.942. The molecule has 2 aliphatic heterocycles. The highest BCUT2D eigenvalue weighted by Crippen LogP contribution is 2.38. The predicted octanol–water partition coefficient (Wildman–Crippen LogP) is 6.66. The third kappa shape index (κ3) is 9.17. The van der Waals surface area contributed by atoms with Crippen LogP contribution in [0.1, 0.15) is 85.3 Å². The van der Waals surface area contributed by atoms with Crippen LogP contribution < -0.4 is 22.1 Å². The third-order valence-electron chi connectivity index (χ3n) is 13.2. The second kappa shape index (κ2) is 18.9. The molecule has 2 aromatic heterocycles. The van der Waals surface area contributed by atoms with Crippen molar-refractivity contribution in [2.24, 2.45) is 29.2 Å². The number of nitrogens with zero attached hydrogens (tertiary/aromatic N) is 2. The number of hydrogen-bond acceptors (Lipinski definition) is 6. The van der Waals surface area contributed by atoms with Crippen LogP contribution in [0.3, 0.4) is 0 Å². The fourth-order valence-corrected chi connectivity index (χ4v) is 9.49. The van der Waals surface area contributed by atoms with Gasteiger partial charge < -0.3 is 41.9 Å². The van der Waals surface area contributed by atoms with E-state index >= 15 is 0 Å².